The highest BCUT2D eigenvalue weighted by Crippen LogP contribution is 2.09. The second-order valence-electron chi connectivity index (χ2n) is 2.45. The summed E-state index contributed by atoms with van der Waals surface area (Å²) in [5, 5.41) is 0. The van der Waals surface area contributed by atoms with Crippen molar-refractivity contribution in [2.45, 2.75) is 11.8 Å². The molecule has 66 valence electrons. The second-order valence-corrected chi connectivity index (χ2v) is 4.82. The maximum atomic E-state index is 11.1. The molecule has 4 nitrogen and oxygen atoms in total. The van der Waals surface area contributed by atoms with Gasteiger partial charge in [0.2, 0.25) is 0 Å². The lowest BCUT2D eigenvalue weighted by atomic mass is 10.5. The largest absolute Gasteiger partial charge is 0.333 e. The van der Waals surface area contributed by atoms with Crippen molar-refractivity contribution in [3.8, 4) is 0 Å². The number of nitrogens with zero attached hydrogens (tertiary/aromatic N) is 1. The zero-order chi connectivity index (χ0) is 9.35. The van der Waals surface area contributed by atoms with Crippen LogP contribution in [0.4, 0.5) is 0 Å². The minimum Gasteiger partial charge on any atom is -0.333 e. The fourth-order valence-corrected chi connectivity index (χ4v) is 1.90. The lowest BCUT2D eigenvalue weighted by Crippen LogP contribution is -2.02. The van der Waals surface area contributed by atoms with E-state index in [-0.39, 0.29) is 4.90 Å². The summed E-state index contributed by atoms with van der Waals surface area (Å²) < 4.78 is 22.4. The fraction of sp³-hybridized carbons (Fsp3) is 0.333. The summed E-state index contributed by atoms with van der Waals surface area (Å²) >= 11 is 4.72. The summed E-state index contributed by atoms with van der Waals surface area (Å²) in [5.41, 5.74) is 0.525. The van der Waals surface area contributed by atoms with Crippen LogP contribution in [0.25, 0.3) is 0 Å². The highest BCUT2D eigenvalue weighted by Gasteiger charge is 2.10. The molecule has 0 atom stereocenters. The Kier molecular flexibility index (Phi) is 2.29. The van der Waals surface area contributed by atoms with Crippen LogP contribution in [0.1, 0.15) is 5.69 Å². The van der Waals surface area contributed by atoms with Gasteiger partial charge in [0.1, 0.15) is 4.90 Å². The SMILES string of the molecule is Cc1[nH]c(=S)ncc1S(C)(=O)=O. The third-order valence-electron chi connectivity index (χ3n) is 1.36. The summed E-state index contributed by atoms with van der Waals surface area (Å²) in [6.07, 6.45) is 2.40. The van der Waals surface area contributed by atoms with Gasteiger partial charge >= 0.3 is 0 Å². The molecule has 0 saturated heterocycles. The van der Waals surface area contributed by atoms with E-state index in [0.29, 0.717) is 10.5 Å². The Balaban J connectivity index is 3.49. The number of hydrogen-bond donors (Lipinski definition) is 1. The van der Waals surface area contributed by atoms with Gasteiger partial charge in [-0.25, -0.2) is 13.4 Å². The first kappa shape index (κ1) is 9.34. The Labute approximate surface area is 75.6 Å². The molecule has 1 N–H and O–H groups in total. The van der Waals surface area contributed by atoms with E-state index in [9.17, 15) is 8.42 Å². The van der Waals surface area contributed by atoms with Crippen molar-refractivity contribution in [1.82, 2.24) is 9.97 Å². The molecule has 0 aliphatic carbocycles. The van der Waals surface area contributed by atoms with Crippen molar-refractivity contribution in [3.63, 3.8) is 0 Å². The van der Waals surface area contributed by atoms with Gasteiger partial charge in [0.15, 0.2) is 14.6 Å². The standard InChI is InChI=1S/C6H8N2O2S2/c1-4-5(12(2,9)10)3-7-6(11)8-4/h3H,1-2H3,(H,7,8,11). The minimum atomic E-state index is -3.19. The van der Waals surface area contributed by atoms with E-state index in [2.05, 4.69) is 9.97 Å². The summed E-state index contributed by atoms with van der Waals surface area (Å²) in [4.78, 5) is 6.55. The van der Waals surface area contributed by atoms with E-state index >= 15 is 0 Å². The molecule has 1 heterocycles. The van der Waals surface area contributed by atoms with Crippen LogP contribution in [0, 0.1) is 11.7 Å². The number of hydrogen-bond acceptors (Lipinski definition) is 4. The molecule has 0 aliphatic rings. The van der Waals surface area contributed by atoms with E-state index in [1.165, 1.54) is 6.20 Å². The molecular weight excluding hydrogens is 196 g/mol. The van der Waals surface area contributed by atoms with Gasteiger partial charge in [-0.3, -0.25) is 0 Å². The van der Waals surface area contributed by atoms with Gasteiger partial charge in [-0.2, -0.15) is 0 Å². The van der Waals surface area contributed by atoms with Crippen LogP contribution in [0.15, 0.2) is 11.1 Å². The maximum Gasteiger partial charge on any atom is 0.197 e. The van der Waals surface area contributed by atoms with Crippen LogP contribution < -0.4 is 0 Å². The Morgan fingerprint density at radius 1 is 1.58 bits per heavy atom. The highest BCUT2D eigenvalue weighted by atomic mass is 32.2. The molecule has 0 aromatic carbocycles. The molecule has 1 aromatic heterocycles. The average molecular weight is 204 g/mol. The lowest BCUT2D eigenvalue weighted by molar-refractivity contribution is 0.600. The van der Waals surface area contributed by atoms with Gasteiger partial charge in [-0.1, -0.05) is 0 Å². The first-order chi connectivity index (χ1) is 5.41. The molecule has 0 saturated carbocycles. The van der Waals surface area contributed by atoms with Crippen molar-refractivity contribution >= 4 is 22.1 Å². The van der Waals surface area contributed by atoms with Crippen LogP contribution in [0.5, 0.6) is 0 Å². The van der Waals surface area contributed by atoms with Gasteiger partial charge in [0.05, 0.1) is 6.20 Å². The van der Waals surface area contributed by atoms with Crippen molar-refractivity contribution in [2.75, 3.05) is 6.26 Å². The number of H-pyrrole nitrogens is 1. The maximum absolute atomic E-state index is 11.1. The molecule has 0 fully saturated rings. The zero-order valence-electron chi connectivity index (χ0n) is 6.66. The number of aromatic amines is 1. The van der Waals surface area contributed by atoms with E-state index in [1.807, 2.05) is 0 Å². The smallest absolute Gasteiger partial charge is 0.197 e. The molecule has 0 bridgehead atoms. The van der Waals surface area contributed by atoms with Crippen LogP contribution in [0.2, 0.25) is 0 Å². The first-order valence-corrected chi connectivity index (χ1v) is 5.47. The first-order valence-electron chi connectivity index (χ1n) is 3.17. The van der Waals surface area contributed by atoms with Crippen LogP contribution in [0.3, 0.4) is 0 Å². The van der Waals surface area contributed by atoms with Crippen LogP contribution >= 0.6 is 12.2 Å². The van der Waals surface area contributed by atoms with E-state index in [1.54, 1.807) is 6.92 Å². The third-order valence-corrected chi connectivity index (χ3v) is 2.78. The number of aryl methyl sites for hydroxylation is 1. The second kappa shape index (κ2) is 2.95. The summed E-state index contributed by atoms with van der Waals surface area (Å²) in [5.74, 6) is 0. The van der Waals surface area contributed by atoms with Gasteiger partial charge in [0, 0.05) is 11.9 Å². The van der Waals surface area contributed by atoms with Gasteiger partial charge < -0.3 is 4.98 Å². The van der Waals surface area contributed by atoms with Crippen molar-refractivity contribution < 1.29 is 8.42 Å². The Morgan fingerprint density at radius 2 is 2.17 bits per heavy atom. The third kappa shape index (κ3) is 1.89. The Bertz CT molecular complexity index is 447. The Morgan fingerprint density at radius 3 is 2.58 bits per heavy atom. The quantitative estimate of drug-likeness (QED) is 0.689. The monoisotopic (exact) mass is 204 g/mol. The molecular formula is C6H8N2O2S2. The van der Waals surface area contributed by atoms with Crippen LogP contribution in [-0.2, 0) is 9.84 Å². The summed E-state index contributed by atoms with van der Waals surface area (Å²) in [6, 6.07) is 0. The van der Waals surface area contributed by atoms with E-state index in [4.69, 9.17) is 12.2 Å². The van der Waals surface area contributed by atoms with E-state index < -0.39 is 9.84 Å². The predicted molar refractivity (Wildman–Crippen MR) is 47.3 cm³/mol. The molecule has 0 unspecified atom stereocenters. The normalized spacial score (nSPS) is 11.5. The molecule has 6 heteroatoms. The Hall–Kier alpha value is -0.750. The molecule has 12 heavy (non-hydrogen) atoms. The fourth-order valence-electron chi connectivity index (χ4n) is 0.842. The molecule has 1 aromatic rings. The van der Waals surface area contributed by atoms with E-state index in [0.717, 1.165) is 6.26 Å². The van der Waals surface area contributed by atoms with Crippen molar-refractivity contribution in [3.05, 3.63) is 16.7 Å². The minimum absolute atomic E-state index is 0.191. The average Bonchev–Trinajstić information content (AvgIpc) is 1.83. The number of aromatic nitrogens is 2. The topological polar surface area (TPSA) is 62.8 Å². The van der Waals surface area contributed by atoms with Gasteiger partial charge in [-0.15, -0.1) is 0 Å². The molecule has 0 spiro atoms. The number of sulfone groups is 1. The highest BCUT2D eigenvalue weighted by molar-refractivity contribution is 7.90. The molecule has 1 rings (SSSR count). The van der Waals surface area contributed by atoms with Gasteiger partial charge in [0.25, 0.3) is 0 Å². The number of nitrogens with one attached hydrogen (secondary N) is 1. The van der Waals surface area contributed by atoms with Crippen LogP contribution in [-0.4, -0.2) is 24.6 Å². The summed E-state index contributed by atoms with van der Waals surface area (Å²) in [6.45, 7) is 1.65. The summed E-state index contributed by atoms with van der Waals surface area (Å²) in [7, 11) is -3.19. The van der Waals surface area contributed by atoms with Gasteiger partial charge in [-0.05, 0) is 19.1 Å². The number of rotatable bonds is 1. The molecule has 0 amide bonds. The van der Waals surface area contributed by atoms with Crippen molar-refractivity contribution in [1.29, 1.82) is 0 Å². The molecule has 0 aliphatic heterocycles. The molecule has 0 radical (unpaired) electrons. The zero-order valence-corrected chi connectivity index (χ0v) is 8.29. The van der Waals surface area contributed by atoms with Crippen molar-refractivity contribution in [2.24, 2.45) is 0 Å². The lowest BCUT2D eigenvalue weighted by Gasteiger charge is -2.00. The predicted octanol–water partition coefficient (Wildman–Crippen LogP) is 0.851.